The Morgan fingerprint density at radius 2 is 1.91 bits per heavy atom. The maximum absolute atomic E-state index is 5.89. The zero-order valence-electron chi connectivity index (χ0n) is 11.7. The van der Waals surface area contributed by atoms with Crippen molar-refractivity contribution in [2.45, 2.75) is 0 Å². The van der Waals surface area contributed by atoms with Crippen LogP contribution in [0, 0.1) is 0 Å². The molecule has 0 atom stereocenters. The Balaban J connectivity index is 1.88. The first-order valence-corrected chi connectivity index (χ1v) is 6.91. The first-order chi connectivity index (χ1) is 10.8. The smallest absolute Gasteiger partial charge is 0.141 e. The van der Waals surface area contributed by atoms with Gasteiger partial charge in [0.1, 0.15) is 12.1 Å². The molecule has 3 N–H and O–H groups in total. The molecule has 0 amide bonds. The summed E-state index contributed by atoms with van der Waals surface area (Å²) in [6.07, 6.45) is 5.17. The lowest BCUT2D eigenvalue weighted by molar-refractivity contribution is 1.22. The standard InChI is InChI=1S/C17H13N5/c18-12-4-5-15-14(8-12)17(21-10-20-15)22-16-3-1-2-11-9-19-7-6-13(11)16/h1-10H,18H2,(H,20,21,22). The molecule has 0 saturated heterocycles. The van der Waals surface area contributed by atoms with Gasteiger partial charge in [-0.25, -0.2) is 9.97 Å². The highest BCUT2D eigenvalue weighted by Crippen LogP contribution is 2.28. The number of benzene rings is 2. The topological polar surface area (TPSA) is 76.7 Å². The second kappa shape index (κ2) is 4.96. The number of fused-ring (bicyclic) bond motifs is 2. The van der Waals surface area contributed by atoms with Crippen molar-refractivity contribution in [1.82, 2.24) is 15.0 Å². The summed E-state index contributed by atoms with van der Waals surface area (Å²) in [5.74, 6) is 0.738. The highest BCUT2D eigenvalue weighted by molar-refractivity contribution is 5.98. The van der Waals surface area contributed by atoms with E-state index in [4.69, 9.17) is 5.73 Å². The van der Waals surface area contributed by atoms with Gasteiger partial charge in [0.2, 0.25) is 0 Å². The summed E-state index contributed by atoms with van der Waals surface area (Å²) >= 11 is 0. The van der Waals surface area contributed by atoms with Crippen LogP contribution in [-0.4, -0.2) is 15.0 Å². The Morgan fingerprint density at radius 3 is 2.86 bits per heavy atom. The van der Waals surface area contributed by atoms with Gasteiger partial charge in [-0.05, 0) is 30.3 Å². The molecule has 4 aromatic rings. The highest BCUT2D eigenvalue weighted by atomic mass is 15.0. The van der Waals surface area contributed by atoms with E-state index in [1.165, 1.54) is 0 Å². The largest absolute Gasteiger partial charge is 0.399 e. The van der Waals surface area contributed by atoms with Crippen molar-refractivity contribution in [2.75, 3.05) is 11.1 Å². The van der Waals surface area contributed by atoms with E-state index in [0.717, 1.165) is 33.2 Å². The van der Waals surface area contributed by atoms with Gasteiger partial charge in [0, 0.05) is 39.9 Å². The normalized spacial score (nSPS) is 10.9. The fourth-order valence-electron chi connectivity index (χ4n) is 2.53. The van der Waals surface area contributed by atoms with Crippen molar-refractivity contribution >= 4 is 38.9 Å². The van der Waals surface area contributed by atoms with Crippen molar-refractivity contribution in [3.8, 4) is 0 Å². The molecule has 22 heavy (non-hydrogen) atoms. The molecule has 2 aromatic heterocycles. The molecule has 0 fully saturated rings. The lowest BCUT2D eigenvalue weighted by Crippen LogP contribution is -1.97. The summed E-state index contributed by atoms with van der Waals surface area (Å²) in [6.45, 7) is 0. The third kappa shape index (κ3) is 2.09. The summed E-state index contributed by atoms with van der Waals surface area (Å²) in [5, 5.41) is 6.44. The number of aromatic nitrogens is 3. The molecular weight excluding hydrogens is 274 g/mol. The van der Waals surface area contributed by atoms with E-state index >= 15 is 0 Å². The van der Waals surface area contributed by atoms with E-state index in [1.807, 2.05) is 48.7 Å². The lowest BCUT2D eigenvalue weighted by atomic mass is 10.1. The Morgan fingerprint density at radius 1 is 0.955 bits per heavy atom. The number of hydrogen-bond donors (Lipinski definition) is 2. The summed E-state index contributed by atoms with van der Waals surface area (Å²) in [4.78, 5) is 12.8. The van der Waals surface area contributed by atoms with Crippen LogP contribution in [-0.2, 0) is 0 Å². The molecule has 0 aliphatic rings. The van der Waals surface area contributed by atoms with E-state index in [9.17, 15) is 0 Å². The molecule has 106 valence electrons. The quantitative estimate of drug-likeness (QED) is 0.552. The molecule has 5 heteroatoms. The molecule has 2 heterocycles. The molecule has 4 rings (SSSR count). The monoisotopic (exact) mass is 287 g/mol. The third-order valence-electron chi connectivity index (χ3n) is 3.59. The zero-order chi connectivity index (χ0) is 14.9. The number of nitrogens with zero attached hydrogens (tertiary/aromatic N) is 3. The summed E-state index contributed by atoms with van der Waals surface area (Å²) in [6, 6.07) is 13.6. The molecule has 5 nitrogen and oxygen atoms in total. The van der Waals surface area contributed by atoms with Gasteiger partial charge in [-0.3, -0.25) is 4.98 Å². The molecule has 2 aromatic carbocycles. The van der Waals surface area contributed by atoms with E-state index < -0.39 is 0 Å². The molecule has 0 bridgehead atoms. The van der Waals surface area contributed by atoms with Crippen LogP contribution in [0.2, 0.25) is 0 Å². The van der Waals surface area contributed by atoms with Crippen LogP contribution in [0.5, 0.6) is 0 Å². The number of anilines is 3. The molecule has 0 radical (unpaired) electrons. The van der Waals surface area contributed by atoms with E-state index in [2.05, 4.69) is 20.3 Å². The average Bonchev–Trinajstić information content (AvgIpc) is 2.56. The molecule has 0 aliphatic heterocycles. The molecule has 0 unspecified atom stereocenters. The molecular formula is C17H13N5. The number of nitrogens with two attached hydrogens (primary N) is 1. The van der Waals surface area contributed by atoms with E-state index in [-0.39, 0.29) is 0 Å². The van der Waals surface area contributed by atoms with Crippen LogP contribution in [0.25, 0.3) is 21.7 Å². The predicted octanol–water partition coefficient (Wildman–Crippen LogP) is 3.50. The van der Waals surface area contributed by atoms with Crippen LogP contribution >= 0.6 is 0 Å². The number of nitrogen functional groups attached to an aromatic ring is 1. The van der Waals surface area contributed by atoms with Crippen LogP contribution in [0.1, 0.15) is 0 Å². The van der Waals surface area contributed by atoms with E-state index in [0.29, 0.717) is 5.69 Å². The maximum atomic E-state index is 5.89. The maximum Gasteiger partial charge on any atom is 0.141 e. The number of hydrogen-bond acceptors (Lipinski definition) is 5. The van der Waals surface area contributed by atoms with Gasteiger partial charge in [-0.15, -0.1) is 0 Å². The number of nitrogens with one attached hydrogen (secondary N) is 1. The lowest BCUT2D eigenvalue weighted by Gasteiger charge is -2.11. The van der Waals surface area contributed by atoms with Crippen LogP contribution in [0.4, 0.5) is 17.2 Å². The van der Waals surface area contributed by atoms with Gasteiger partial charge >= 0.3 is 0 Å². The summed E-state index contributed by atoms with van der Waals surface area (Å²) in [7, 11) is 0. The van der Waals surface area contributed by atoms with Gasteiger partial charge in [-0.1, -0.05) is 12.1 Å². The molecule has 0 aliphatic carbocycles. The Labute approximate surface area is 126 Å². The van der Waals surface area contributed by atoms with Crippen molar-refractivity contribution < 1.29 is 0 Å². The second-order valence-corrected chi connectivity index (χ2v) is 5.03. The first-order valence-electron chi connectivity index (χ1n) is 6.91. The number of rotatable bonds is 2. The van der Waals surface area contributed by atoms with Crippen molar-refractivity contribution in [1.29, 1.82) is 0 Å². The third-order valence-corrected chi connectivity index (χ3v) is 3.59. The predicted molar refractivity (Wildman–Crippen MR) is 89.0 cm³/mol. The minimum Gasteiger partial charge on any atom is -0.399 e. The Bertz CT molecular complexity index is 975. The van der Waals surface area contributed by atoms with Gasteiger partial charge in [0.25, 0.3) is 0 Å². The van der Waals surface area contributed by atoms with E-state index in [1.54, 1.807) is 12.5 Å². The minimum atomic E-state index is 0.687. The minimum absolute atomic E-state index is 0.687. The average molecular weight is 287 g/mol. The fraction of sp³-hybridized carbons (Fsp3) is 0. The Hall–Kier alpha value is -3.21. The van der Waals surface area contributed by atoms with Gasteiger partial charge in [0.05, 0.1) is 5.52 Å². The summed E-state index contributed by atoms with van der Waals surface area (Å²) in [5.41, 5.74) is 8.40. The number of pyridine rings is 1. The molecule has 0 saturated carbocycles. The Kier molecular flexibility index (Phi) is 2.83. The second-order valence-electron chi connectivity index (χ2n) is 5.03. The highest BCUT2D eigenvalue weighted by Gasteiger charge is 2.06. The van der Waals surface area contributed by atoms with Gasteiger partial charge < -0.3 is 11.1 Å². The van der Waals surface area contributed by atoms with Crippen molar-refractivity contribution in [2.24, 2.45) is 0 Å². The van der Waals surface area contributed by atoms with Gasteiger partial charge in [-0.2, -0.15) is 0 Å². The van der Waals surface area contributed by atoms with Crippen molar-refractivity contribution in [3.05, 3.63) is 61.2 Å². The van der Waals surface area contributed by atoms with Crippen LogP contribution in [0.3, 0.4) is 0 Å². The molecule has 0 spiro atoms. The first kappa shape index (κ1) is 12.5. The SMILES string of the molecule is Nc1ccc2ncnc(Nc3cccc4cnccc34)c2c1. The fourth-order valence-corrected chi connectivity index (χ4v) is 2.53. The summed E-state index contributed by atoms with van der Waals surface area (Å²) < 4.78 is 0. The zero-order valence-corrected chi connectivity index (χ0v) is 11.7. The van der Waals surface area contributed by atoms with Crippen molar-refractivity contribution in [3.63, 3.8) is 0 Å². The van der Waals surface area contributed by atoms with Crippen LogP contribution < -0.4 is 11.1 Å². The van der Waals surface area contributed by atoms with Crippen LogP contribution in [0.15, 0.2) is 61.2 Å². The van der Waals surface area contributed by atoms with Gasteiger partial charge in [0.15, 0.2) is 0 Å².